The predicted octanol–water partition coefficient (Wildman–Crippen LogP) is -0.886. The van der Waals surface area contributed by atoms with Crippen LogP contribution in [0.2, 0.25) is 0 Å². The molecular weight excluding hydrogens is 380 g/mol. The van der Waals surface area contributed by atoms with Gasteiger partial charge in [-0.3, -0.25) is 9.59 Å². The quantitative estimate of drug-likeness (QED) is 0.560. The van der Waals surface area contributed by atoms with Crippen LogP contribution in [0.1, 0.15) is 0 Å². The fraction of sp³-hybridized carbons (Fsp3) is 0.357. The van der Waals surface area contributed by atoms with Crippen molar-refractivity contribution in [2.75, 3.05) is 33.1 Å². The Morgan fingerprint density at radius 2 is 2.04 bits per heavy atom. The average molecular weight is 398 g/mol. The largest absolute Gasteiger partial charge is 0.495 e. The van der Waals surface area contributed by atoms with E-state index in [1.165, 1.54) is 45.7 Å². The third kappa shape index (κ3) is 5.21. The number of ether oxygens (including phenoxy) is 2. The van der Waals surface area contributed by atoms with E-state index in [-0.39, 0.29) is 22.9 Å². The molecule has 0 bridgehead atoms. The lowest BCUT2D eigenvalue weighted by Crippen LogP contribution is -2.24. The number of benzene rings is 1. The van der Waals surface area contributed by atoms with Crippen molar-refractivity contribution in [2.24, 2.45) is 0 Å². The standard InChI is InChI=1S/C14H18N6O6S/c1-19(2)27(23,24)10-4-5-12(25-3)11(6-10)16-13(21)8-26-14(22)7-20-9-15-17-18-20/h4-6,9H,7-8H2,1-3H3,(H,16,21). The summed E-state index contributed by atoms with van der Waals surface area (Å²) in [7, 11) is 0.459. The fourth-order valence-electron chi connectivity index (χ4n) is 1.92. The van der Waals surface area contributed by atoms with Crippen LogP contribution in [0, 0.1) is 0 Å². The van der Waals surface area contributed by atoms with Gasteiger partial charge in [-0.1, -0.05) is 0 Å². The Morgan fingerprint density at radius 3 is 2.63 bits per heavy atom. The third-order valence-electron chi connectivity index (χ3n) is 3.27. The smallest absolute Gasteiger partial charge is 0.328 e. The summed E-state index contributed by atoms with van der Waals surface area (Å²) in [6.07, 6.45) is 1.23. The Morgan fingerprint density at radius 1 is 1.30 bits per heavy atom. The number of tetrazole rings is 1. The summed E-state index contributed by atoms with van der Waals surface area (Å²) in [5.74, 6) is -1.13. The first-order chi connectivity index (χ1) is 12.7. The van der Waals surface area contributed by atoms with E-state index in [0.29, 0.717) is 0 Å². The van der Waals surface area contributed by atoms with E-state index in [2.05, 4.69) is 20.8 Å². The molecule has 0 radical (unpaired) electrons. The Bertz CT molecular complexity index is 912. The molecule has 2 rings (SSSR count). The van der Waals surface area contributed by atoms with Crippen molar-refractivity contribution < 1.29 is 27.5 Å². The second kappa shape index (κ2) is 8.55. The number of aromatic nitrogens is 4. The van der Waals surface area contributed by atoms with Crippen molar-refractivity contribution in [2.45, 2.75) is 11.4 Å². The lowest BCUT2D eigenvalue weighted by molar-refractivity contribution is -0.148. The molecule has 12 nitrogen and oxygen atoms in total. The van der Waals surface area contributed by atoms with E-state index in [0.717, 1.165) is 8.99 Å². The average Bonchev–Trinajstić information content (AvgIpc) is 3.12. The lowest BCUT2D eigenvalue weighted by Gasteiger charge is -2.15. The van der Waals surface area contributed by atoms with Crippen LogP contribution in [-0.4, -0.2) is 72.6 Å². The van der Waals surface area contributed by atoms with Crippen molar-refractivity contribution >= 4 is 27.6 Å². The van der Waals surface area contributed by atoms with E-state index < -0.39 is 28.5 Å². The van der Waals surface area contributed by atoms with E-state index in [1.54, 1.807) is 0 Å². The summed E-state index contributed by atoms with van der Waals surface area (Å²) < 4.78 is 36.6. The SMILES string of the molecule is COc1ccc(S(=O)(=O)N(C)C)cc1NC(=O)COC(=O)Cn1cnnn1. The molecule has 0 unspecified atom stereocenters. The molecule has 146 valence electrons. The molecule has 1 heterocycles. The van der Waals surface area contributed by atoms with Crippen LogP contribution in [0.25, 0.3) is 0 Å². The van der Waals surface area contributed by atoms with Gasteiger partial charge >= 0.3 is 5.97 Å². The zero-order valence-corrected chi connectivity index (χ0v) is 15.6. The molecule has 0 aliphatic carbocycles. The molecule has 0 fully saturated rings. The van der Waals surface area contributed by atoms with Gasteiger partial charge < -0.3 is 14.8 Å². The summed E-state index contributed by atoms with van der Waals surface area (Å²) in [4.78, 5) is 23.6. The Kier molecular flexibility index (Phi) is 6.41. The van der Waals surface area contributed by atoms with Crippen LogP contribution in [0.5, 0.6) is 5.75 Å². The molecule has 1 aromatic carbocycles. The molecule has 1 amide bonds. The molecule has 27 heavy (non-hydrogen) atoms. The molecule has 0 atom stereocenters. The van der Waals surface area contributed by atoms with Gasteiger partial charge in [0.25, 0.3) is 5.91 Å². The number of sulfonamides is 1. The van der Waals surface area contributed by atoms with Crippen LogP contribution in [0.4, 0.5) is 5.69 Å². The number of amides is 1. The van der Waals surface area contributed by atoms with Crippen LogP contribution in [0.15, 0.2) is 29.4 Å². The highest BCUT2D eigenvalue weighted by atomic mass is 32.2. The predicted molar refractivity (Wildman–Crippen MR) is 91.3 cm³/mol. The van der Waals surface area contributed by atoms with Gasteiger partial charge in [-0.15, -0.1) is 5.10 Å². The molecule has 0 aliphatic rings. The van der Waals surface area contributed by atoms with Gasteiger partial charge in [0.2, 0.25) is 10.0 Å². The molecule has 0 spiro atoms. The monoisotopic (exact) mass is 398 g/mol. The fourth-order valence-corrected chi connectivity index (χ4v) is 2.85. The molecule has 0 saturated heterocycles. The number of carbonyl (C=O) groups excluding carboxylic acids is 2. The van der Waals surface area contributed by atoms with Crippen LogP contribution >= 0.6 is 0 Å². The number of hydrogen-bond donors (Lipinski definition) is 1. The second-order valence-electron chi connectivity index (χ2n) is 5.37. The van der Waals surface area contributed by atoms with Crippen LogP contribution < -0.4 is 10.1 Å². The van der Waals surface area contributed by atoms with Crippen molar-refractivity contribution in [3.05, 3.63) is 24.5 Å². The highest BCUT2D eigenvalue weighted by molar-refractivity contribution is 7.89. The topological polar surface area (TPSA) is 146 Å². The minimum Gasteiger partial charge on any atom is -0.495 e. The molecular formula is C14H18N6O6S. The number of methoxy groups -OCH3 is 1. The maximum absolute atomic E-state index is 12.2. The number of esters is 1. The van der Waals surface area contributed by atoms with Gasteiger partial charge in [0.05, 0.1) is 17.7 Å². The maximum Gasteiger partial charge on any atom is 0.328 e. The van der Waals surface area contributed by atoms with E-state index in [1.807, 2.05) is 0 Å². The van der Waals surface area contributed by atoms with E-state index in [9.17, 15) is 18.0 Å². The highest BCUT2D eigenvalue weighted by Crippen LogP contribution is 2.28. The van der Waals surface area contributed by atoms with Crippen molar-refractivity contribution in [1.82, 2.24) is 24.5 Å². The number of hydrogen-bond acceptors (Lipinski definition) is 9. The number of nitrogens with one attached hydrogen (secondary N) is 1. The Hall–Kier alpha value is -3.06. The Balaban J connectivity index is 2.04. The van der Waals surface area contributed by atoms with Gasteiger partial charge in [0.1, 0.15) is 18.6 Å². The summed E-state index contributed by atoms with van der Waals surface area (Å²) >= 11 is 0. The minimum absolute atomic E-state index is 0.0284. The van der Waals surface area contributed by atoms with Crippen molar-refractivity contribution in [1.29, 1.82) is 0 Å². The zero-order valence-electron chi connectivity index (χ0n) is 14.8. The maximum atomic E-state index is 12.2. The van der Waals surface area contributed by atoms with Crippen molar-refractivity contribution in [3.63, 3.8) is 0 Å². The molecule has 1 N–H and O–H groups in total. The first kappa shape index (κ1) is 20.3. The first-order valence-corrected chi connectivity index (χ1v) is 8.95. The van der Waals surface area contributed by atoms with Crippen LogP contribution in [-0.2, 0) is 30.9 Å². The molecule has 0 saturated carbocycles. The van der Waals surface area contributed by atoms with E-state index >= 15 is 0 Å². The van der Waals surface area contributed by atoms with Crippen LogP contribution in [0.3, 0.4) is 0 Å². The lowest BCUT2D eigenvalue weighted by atomic mass is 10.3. The first-order valence-electron chi connectivity index (χ1n) is 7.51. The van der Waals surface area contributed by atoms with Crippen molar-refractivity contribution in [3.8, 4) is 5.75 Å². The minimum atomic E-state index is -3.70. The number of rotatable bonds is 8. The van der Waals surface area contributed by atoms with Gasteiger partial charge in [0, 0.05) is 14.1 Å². The van der Waals surface area contributed by atoms with E-state index in [4.69, 9.17) is 9.47 Å². The number of anilines is 1. The summed E-state index contributed by atoms with van der Waals surface area (Å²) in [6, 6.07) is 4.03. The number of carbonyl (C=O) groups is 2. The summed E-state index contributed by atoms with van der Waals surface area (Å²) in [5, 5.41) is 12.7. The molecule has 13 heteroatoms. The molecule has 0 aliphatic heterocycles. The molecule has 1 aromatic heterocycles. The number of nitrogens with zero attached hydrogens (tertiary/aromatic N) is 5. The second-order valence-corrected chi connectivity index (χ2v) is 7.52. The summed E-state index contributed by atoms with van der Waals surface area (Å²) in [6.45, 7) is -0.824. The summed E-state index contributed by atoms with van der Waals surface area (Å²) in [5.41, 5.74) is 0.127. The Labute approximate surface area is 155 Å². The van der Waals surface area contributed by atoms with Gasteiger partial charge in [-0.05, 0) is 28.6 Å². The van der Waals surface area contributed by atoms with Gasteiger partial charge in [0.15, 0.2) is 6.61 Å². The molecule has 2 aromatic rings. The van der Waals surface area contributed by atoms with Gasteiger partial charge in [-0.25, -0.2) is 17.4 Å². The third-order valence-corrected chi connectivity index (χ3v) is 5.08. The van der Waals surface area contributed by atoms with Gasteiger partial charge in [-0.2, -0.15) is 0 Å². The normalized spacial score (nSPS) is 11.3. The zero-order chi connectivity index (χ0) is 20.0. The highest BCUT2D eigenvalue weighted by Gasteiger charge is 2.20.